The first-order chi connectivity index (χ1) is 21.3. The minimum atomic E-state index is 0.662. The number of rotatable bonds is 4. The van der Waals surface area contributed by atoms with Crippen LogP contribution in [0.3, 0.4) is 0 Å². The molecule has 2 N–H and O–H groups in total. The summed E-state index contributed by atoms with van der Waals surface area (Å²) in [5, 5.41) is 11.3. The summed E-state index contributed by atoms with van der Waals surface area (Å²) in [5.74, 6) is 1.85. The third-order valence-corrected chi connectivity index (χ3v) is 8.56. The van der Waals surface area contributed by atoms with Crippen molar-refractivity contribution >= 4 is 61.9 Å². The molecule has 0 radical (unpaired) electrons. The molecular formula is C38H27N3O2. The predicted molar refractivity (Wildman–Crippen MR) is 175 cm³/mol. The van der Waals surface area contributed by atoms with Crippen molar-refractivity contribution in [1.82, 2.24) is 10.6 Å². The van der Waals surface area contributed by atoms with E-state index in [0.717, 1.165) is 67.2 Å². The molecule has 0 saturated heterocycles. The molecule has 0 amide bonds. The molecule has 0 atom stereocenters. The van der Waals surface area contributed by atoms with Gasteiger partial charge >= 0.3 is 0 Å². The smallest absolute Gasteiger partial charge is 0.137 e. The molecule has 2 aliphatic heterocycles. The van der Waals surface area contributed by atoms with E-state index < -0.39 is 0 Å². The van der Waals surface area contributed by atoms with Crippen molar-refractivity contribution in [3.8, 4) is 11.1 Å². The van der Waals surface area contributed by atoms with E-state index in [1.807, 2.05) is 18.5 Å². The van der Waals surface area contributed by atoms with Crippen molar-refractivity contribution in [2.45, 2.75) is 13.1 Å². The molecule has 0 fully saturated rings. The Labute approximate surface area is 248 Å². The van der Waals surface area contributed by atoms with Crippen molar-refractivity contribution in [1.29, 1.82) is 0 Å². The summed E-state index contributed by atoms with van der Waals surface area (Å²) in [6, 6.07) is 36.6. The zero-order chi connectivity index (χ0) is 28.3. The van der Waals surface area contributed by atoms with Gasteiger partial charge < -0.3 is 24.4 Å². The number of fused-ring (bicyclic) bond motifs is 7. The van der Waals surface area contributed by atoms with Gasteiger partial charge in [-0.05, 0) is 71.3 Å². The highest BCUT2D eigenvalue weighted by atomic mass is 16.3. The number of nitrogens with one attached hydrogen (secondary N) is 2. The van der Waals surface area contributed by atoms with Crippen LogP contribution in [0.1, 0.15) is 22.6 Å². The van der Waals surface area contributed by atoms with Gasteiger partial charge in [-0.25, -0.2) is 0 Å². The second-order valence-corrected chi connectivity index (χ2v) is 11.0. The molecule has 5 heteroatoms. The highest BCUT2D eigenvalue weighted by Gasteiger charge is 2.27. The lowest BCUT2D eigenvalue weighted by atomic mass is 9.97. The Morgan fingerprint density at radius 2 is 1.33 bits per heavy atom. The highest BCUT2D eigenvalue weighted by molar-refractivity contribution is 6.11. The Hall–Kier alpha value is -5.68. The van der Waals surface area contributed by atoms with Crippen LogP contribution in [0.2, 0.25) is 0 Å². The topological polar surface area (TPSA) is 53.6 Å². The molecule has 5 nitrogen and oxygen atoms in total. The normalized spacial score (nSPS) is 13.6. The van der Waals surface area contributed by atoms with Crippen molar-refractivity contribution in [2.75, 3.05) is 4.90 Å². The maximum Gasteiger partial charge on any atom is 0.137 e. The van der Waals surface area contributed by atoms with E-state index in [-0.39, 0.29) is 0 Å². The van der Waals surface area contributed by atoms with Gasteiger partial charge in [0.1, 0.15) is 22.7 Å². The van der Waals surface area contributed by atoms with Gasteiger partial charge in [0.2, 0.25) is 0 Å². The zero-order valence-electron chi connectivity index (χ0n) is 23.3. The van der Waals surface area contributed by atoms with Crippen LogP contribution in [0.4, 0.5) is 17.1 Å². The molecule has 0 bridgehead atoms. The summed E-state index contributed by atoms with van der Waals surface area (Å²) in [4.78, 5) is 2.42. The Balaban J connectivity index is 1.42. The van der Waals surface area contributed by atoms with Crippen molar-refractivity contribution in [2.24, 2.45) is 0 Å². The number of furan rings is 2. The van der Waals surface area contributed by atoms with E-state index in [1.165, 1.54) is 16.3 Å². The number of nitrogens with zero attached hydrogens (tertiary/aromatic N) is 1. The second-order valence-electron chi connectivity index (χ2n) is 11.0. The molecule has 7 aromatic rings. The Morgan fingerprint density at radius 3 is 2.21 bits per heavy atom. The second kappa shape index (κ2) is 9.43. The first-order valence-corrected chi connectivity index (χ1v) is 14.6. The Morgan fingerprint density at radius 1 is 0.581 bits per heavy atom. The molecule has 9 rings (SSSR count). The fourth-order valence-corrected chi connectivity index (χ4v) is 6.66. The molecule has 5 aromatic carbocycles. The average Bonchev–Trinajstić information content (AvgIpc) is 3.64. The van der Waals surface area contributed by atoms with Gasteiger partial charge in [-0.3, -0.25) is 0 Å². The molecule has 0 unspecified atom stereocenters. The summed E-state index contributed by atoms with van der Waals surface area (Å²) in [6.07, 6.45) is 8.11. The molecular weight excluding hydrogens is 530 g/mol. The predicted octanol–water partition coefficient (Wildman–Crippen LogP) is 9.62. The fraction of sp³-hybridized carbons (Fsp3) is 0.0526. The molecule has 0 spiro atoms. The molecule has 4 heterocycles. The summed E-state index contributed by atoms with van der Waals surface area (Å²) >= 11 is 0. The van der Waals surface area contributed by atoms with Gasteiger partial charge in [-0.15, -0.1) is 0 Å². The van der Waals surface area contributed by atoms with E-state index in [0.29, 0.717) is 13.1 Å². The van der Waals surface area contributed by atoms with Crippen LogP contribution in [0.15, 0.2) is 124 Å². The standard InChI is InChI=1S/C38H27N3O2/c1-2-8-24(9-3-1)26-20-25-10-4-5-11-27(25)32(21-26)41(30-12-6-14-34-37(30)28-16-18-40-23-36(28)43-34)31-13-7-15-35-38(31)29-22-39-19-17-33(29)42-35/h1-21,39-40H,22-23H2. The van der Waals surface area contributed by atoms with E-state index in [2.05, 4.69) is 125 Å². The van der Waals surface area contributed by atoms with Crippen LogP contribution in [-0.4, -0.2) is 0 Å². The van der Waals surface area contributed by atoms with Gasteiger partial charge in [-0.2, -0.15) is 0 Å². The lowest BCUT2D eigenvalue weighted by molar-refractivity contribution is 0.532. The zero-order valence-corrected chi connectivity index (χ0v) is 23.3. The number of hydrogen-bond donors (Lipinski definition) is 2. The van der Waals surface area contributed by atoms with Gasteiger partial charge in [0.05, 0.1) is 29.0 Å². The third-order valence-electron chi connectivity index (χ3n) is 8.56. The van der Waals surface area contributed by atoms with Crippen molar-refractivity contribution < 1.29 is 8.83 Å². The van der Waals surface area contributed by atoms with Crippen LogP contribution in [0.25, 0.3) is 56.0 Å². The van der Waals surface area contributed by atoms with Crippen LogP contribution < -0.4 is 15.5 Å². The van der Waals surface area contributed by atoms with Gasteiger partial charge in [0.15, 0.2) is 0 Å². The van der Waals surface area contributed by atoms with Crippen molar-refractivity contribution in [3.05, 3.63) is 138 Å². The molecule has 43 heavy (non-hydrogen) atoms. The molecule has 2 aromatic heterocycles. The number of anilines is 3. The Kier molecular flexibility index (Phi) is 5.26. The lowest BCUT2D eigenvalue weighted by Crippen LogP contribution is -2.14. The van der Waals surface area contributed by atoms with Gasteiger partial charge in [-0.1, -0.05) is 66.7 Å². The largest absolute Gasteiger partial charge is 0.458 e. The Bertz CT molecular complexity index is 2250. The number of hydrogen-bond acceptors (Lipinski definition) is 5. The summed E-state index contributed by atoms with van der Waals surface area (Å²) in [6.45, 7) is 1.36. The minimum Gasteiger partial charge on any atom is -0.458 e. The van der Waals surface area contributed by atoms with E-state index in [4.69, 9.17) is 8.83 Å². The monoisotopic (exact) mass is 557 g/mol. The van der Waals surface area contributed by atoms with Crippen LogP contribution in [0.5, 0.6) is 0 Å². The highest BCUT2D eigenvalue weighted by Crippen LogP contribution is 2.49. The summed E-state index contributed by atoms with van der Waals surface area (Å²) in [7, 11) is 0. The quantitative estimate of drug-likeness (QED) is 0.226. The van der Waals surface area contributed by atoms with Crippen LogP contribution in [-0.2, 0) is 13.1 Å². The first-order valence-electron chi connectivity index (χ1n) is 14.6. The van der Waals surface area contributed by atoms with Crippen LogP contribution >= 0.6 is 0 Å². The van der Waals surface area contributed by atoms with Crippen LogP contribution in [0, 0.1) is 0 Å². The first kappa shape index (κ1) is 24.0. The molecule has 0 saturated carbocycles. The van der Waals surface area contributed by atoms with E-state index >= 15 is 0 Å². The third kappa shape index (κ3) is 3.71. The minimum absolute atomic E-state index is 0.662. The summed E-state index contributed by atoms with van der Waals surface area (Å²) < 4.78 is 12.8. The lowest BCUT2D eigenvalue weighted by Gasteiger charge is -2.29. The van der Waals surface area contributed by atoms with Crippen molar-refractivity contribution in [3.63, 3.8) is 0 Å². The van der Waals surface area contributed by atoms with Gasteiger partial charge in [0, 0.05) is 34.6 Å². The van der Waals surface area contributed by atoms with E-state index in [9.17, 15) is 0 Å². The SMILES string of the molecule is C1=Cc2c(oc3cccc(N(c4cc(-c5ccccc5)cc5ccccc45)c4cccc5oc6c(c45)CNC=C6)c23)CN1. The van der Waals surface area contributed by atoms with E-state index in [1.54, 1.807) is 0 Å². The summed E-state index contributed by atoms with van der Waals surface area (Å²) in [5.41, 5.74) is 9.58. The maximum atomic E-state index is 6.42. The molecule has 206 valence electrons. The van der Waals surface area contributed by atoms with Gasteiger partial charge in [0.25, 0.3) is 0 Å². The average molecular weight is 558 g/mol. The molecule has 0 aliphatic carbocycles. The fourth-order valence-electron chi connectivity index (χ4n) is 6.66. The maximum absolute atomic E-state index is 6.42. The number of benzene rings is 5. The molecule has 2 aliphatic rings.